The molecule has 0 unspecified atom stereocenters. The number of pyridine rings is 1. The number of anilines is 2. The molecule has 4 rings (SSSR count). The molecular formula is C25H27N3O3. The number of aromatic nitrogens is 1. The molecule has 6 nitrogen and oxygen atoms in total. The smallest absolute Gasteiger partial charge is 0.336 e. The summed E-state index contributed by atoms with van der Waals surface area (Å²) in [6, 6.07) is 14.7. The minimum Gasteiger partial charge on any atom is -0.478 e. The third-order valence-corrected chi connectivity index (χ3v) is 5.72. The van der Waals surface area contributed by atoms with Crippen LogP contribution in [-0.4, -0.2) is 35.1 Å². The molecule has 2 aromatic carbocycles. The monoisotopic (exact) mass is 417 g/mol. The van der Waals surface area contributed by atoms with E-state index in [1.54, 1.807) is 24.3 Å². The predicted octanol–water partition coefficient (Wildman–Crippen LogP) is 4.80. The Kier molecular flexibility index (Phi) is 6.16. The third-order valence-electron chi connectivity index (χ3n) is 5.72. The van der Waals surface area contributed by atoms with Crippen molar-refractivity contribution in [2.45, 2.75) is 39.0 Å². The molecule has 0 saturated carbocycles. The number of carbonyl (C=O) groups is 2. The lowest BCUT2D eigenvalue weighted by Gasteiger charge is -2.22. The number of nitrogens with one attached hydrogen (secondary N) is 1. The predicted molar refractivity (Wildman–Crippen MR) is 123 cm³/mol. The van der Waals surface area contributed by atoms with E-state index in [0.29, 0.717) is 22.4 Å². The lowest BCUT2D eigenvalue weighted by molar-refractivity contribution is -0.115. The summed E-state index contributed by atoms with van der Waals surface area (Å²) in [7, 11) is 0. The van der Waals surface area contributed by atoms with E-state index in [0.717, 1.165) is 37.1 Å². The summed E-state index contributed by atoms with van der Waals surface area (Å²) >= 11 is 0. The summed E-state index contributed by atoms with van der Waals surface area (Å²) in [5, 5.41) is 13.2. The number of nitrogens with zero attached hydrogens (tertiary/aromatic N) is 2. The molecule has 2 heterocycles. The summed E-state index contributed by atoms with van der Waals surface area (Å²) < 4.78 is 0. The molecule has 1 aromatic heterocycles. The zero-order valence-corrected chi connectivity index (χ0v) is 17.7. The number of rotatable bonds is 5. The van der Waals surface area contributed by atoms with Crippen LogP contribution < -0.4 is 10.2 Å². The van der Waals surface area contributed by atoms with Crippen molar-refractivity contribution in [3.63, 3.8) is 0 Å². The Morgan fingerprint density at radius 2 is 1.71 bits per heavy atom. The van der Waals surface area contributed by atoms with E-state index in [1.807, 2.05) is 31.2 Å². The molecule has 0 aliphatic carbocycles. The second kappa shape index (κ2) is 9.16. The van der Waals surface area contributed by atoms with Crippen molar-refractivity contribution in [2.24, 2.45) is 0 Å². The van der Waals surface area contributed by atoms with Crippen molar-refractivity contribution >= 4 is 34.3 Å². The van der Waals surface area contributed by atoms with E-state index in [2.05, 4.69) is 10.2 Å². The Morgan fingerprint density at radius 1 is 1.00 bits per heavy atom. The zero-order valence-electron chi connectivity index (χ0n) is 17.7. The van der Waals surface area contributed by atoms with E-state index in [9.17, 15) is 14.7 Å². The van der Waals surface area contributed by atoms with Gasteiger partial charge in [0.15, 0.2) is 0 Å². The number of amides is 1. The lowest BCUT2D eigenvalue weighted by atomic mass is 10.1. The van der Waals surface area contributed by atoms with Gasteiger partial charge in [0.25, 0.3) is 0 Å². The Labute approximate surface area is 181 Å². The van der Waals surface area contributed by atoms with Gasteiger partial charge in [-0.1, -0.05) is 42.7 Å². The molecule has 1 amide bonds. The van der Waals surface area contributed by atoms with Crippen molar-refractivity contribution in [1.29, 1.82) is 0 Å². The van der Waals surface area contributed by atoms with Crippen molar-refractivity contribution in [3.05, 3.63) is 65.2 Å². The van der Waals surface area contributed by atoms with Crippen molar-refractivity contribution in [1.82, 2.24) is 4.98 Å². The van der Waals surface area contributed by atoms with E-state index in [-0.39, 0.29) is 17.9 Å². The van der Waals surface area contributed by atoms with Crippen LogP contribution in [0.1, 0.15) is 47.2 Å². The molecule has 2 N–H and O–H groups in total. The summed E-state index contributed by atoms with van der Waals surface area (Å²) in [5.74, 6) is -0.427. The fourth-order valence-corrected chi connectivity index (χ4v) is 4.02. The fourth-order valence-electron chi connectivity index (χ4n) is 4.02. The number of aryl methyl sites for hydroxylation is 1. The largest absolute Gasteiger partial charge is 0.478 e. The number of hydrogen-bond donors (Lipinski definition) is 2. The van der Waals surface area contributed by atoms with Gasteiger partial charge in [0.05, 0.1) is 17.5 Å². The Hall–Kier alpha value is -3.41. The van der Waals surface area contributed by atoms with E-state index in [1.165, 1.54) is 12.8 Å². The average molecular weight is 418 g/mol. The van der Waals surface area contributed by atoms with Gasteiger partial charge in [0, 0.05) is 24.2 Å². The number of carbonyl (C=O) groups excluding carboxylic acids is 1. The fraction of sp³-hybridized carbons (Fsp3) is 0.320. The van der Waals surface area contributed by atoms with Gasteiger partial charge in [-0.05, 0) is 49.6 Å². The summed E-state index contributed by atoms with van der Waals surface area (Å²) in [6.45, 7) is 3.79. The van der Waals surface area contributed by atoms with Gasteiger partial charge in [-0.3, -0.25) is 4.79 Å². The average Bonchev–Trinajstić information content (AvgIpc) is 3.04. The van der Waals surface area contributed by atoms with E-state index < -0.39 is 5.97 Å². The maximum atomic E-state index is 12.5. The molecule has 160 valence electrons. The van der Waals surface area contributed by atoms with Crippen LogP contribution in [0, 0.1) is 6.92 Å². The number of aromatic carboxylic acids is 1. The van der Waals surface area contributed by atoms with Gasteiger partial charge in [0.2, 0.25) is 5.91 Å². The first-order valence-corrected chi connectivity index (χ1v) is 10.8. The molecule has 6 heteroatoms. The van der Waals surface area contributed by atoms with Gasteiger partial charge in [0.1, 0.15) is 5.82 Å². The molecule has 3 aromatic rings. The molecule has 0 radical (unpaired) electrons. The maximum absolute atomic E-state index is 12.5. The molecule has 1 fully saturated rings. The van der Waals surface area contributed by atoms with Crippen LogP contribution in [0.2, 0.25) is 0 Å². The Balaban J connectivity index is 1.59. The normalized spacial score (nSPS) is 14.3. The van der Waals surface area contributed by atoms with Gasteiger partial charge < -0.3 is 15.3 Å². The van der Waals surface area contributed by atoms with Crippen LogP contribution in [0.4, 0.5) is 11.5 Å². The van der Waals surface area contributed by atoms with Crippen LogP contribution in [0.15, 0.2) is 48.5 Å². The summed E-state index contributed by atoms with van der Waals surface area (Å²) in [6.07, 6.45) is 4.83. The topological polar surface area (TPSA) is 82.5 Å². The standard InChI is InChI=1S/C25H27N3O3/c1-17-6-8-18(9-7-17)14-24(29)26-19-10-11-22-20(15-19)21(25(30)31)16-23(27-22)28-12-4-2-3-5-13-28/h6-11,15-16H,2-5,12-14H2,1H3,(H,26,29)(H,30,31). The van der Waals surface area contributed by atoms with Gasteiger partial charge >= 0.3 is 5.97 Å². The number of carboxylic acid groups (broad SMARTS) is 1. The van der Waals surface area contributed by atoms with Gasteiger partial charge in [-0.2, -0.15) is 0 Å². The minimum absolute atomic E-state index is 0.144. The van der Waals surface area contributed by atoms with Crippen LogP contribution in [0.25, 0.3) is 10.9 Å². The second-order valence-corrected chi connectivity index (χ2v) is 8.18. The highest BCUT2D eigenvalue weighted by molar-refractivity contribution is 6.05. The molecule has 0 spiro atoms. The Bertz CT molecular complexity index is 1100. The summed E-state index contributed by atoms with van der Waals surface area (Å²) in [5.41, 5.74) is 3.47. The van der Waals surface area contributed by atoms with Crippen LogP contribution in [-0.2, 0) is 11.2 Å². The quantitative estimate of drug-likeness (QED) is 0.623. The van der Waals surface area contributed by atoms with Crippen molar-refractivity contribution in [3.8, 4) is 0 Å². The first kappa shape index (κ1) is 20.8. The molecule has 0 atom stereocenters. The summed E-state index contributed by atoms with van der Waals surface area (Å²) in [4.78, 5) is 31.4. The van der Waals surface area contributed by atoms with Crippen molar-refractivity contribution in [2.75, 3.05) is 23.3 Å². The van der Waals surface area contributed by atoms with E-state index in [4.69, 9.17) is 4.98 Å². The first-order chi connectivity index (χ1) is 15.0. The molecular weight excluding hydrogens is 390 g/mol. The number of hydrogen-bond acceptors (Lipinski definition) is 4. The molecule has 31 heavy (non-hydrogen) atoms. The number of fused-ring (bicyclic) bond motifs is 1. The highest BCUT2D eigenvalue weighted by Gasteiger charge is 2.18. The Morgan fingerprint density at radius 3 is 2.39 bits per heavy atom. The maximum Gasteiger partial charge on any atom is 0.336 e. The zero-order chi connectivity index (χ0) is 21.8. The van der Waals surface area contributed by atoms with Crippen molar-refractivity contribution < 1.29 is 14.7 Å². The lowest BCUT2D eigenvalue weighted by Crippen LogP contribution is -2.25. The molecule has 1 saturated heterocycles. The highest BCUT2D eigenvalue weighted by Crippen LogP contribution is 2.27. The minimum atomic E-state index is -0.994. The molecule has 1 aliphatic heterocycles. The van der Waals surface area contributed by atoms with Crippen LogP contribution >= 0.6 is 0 Å². The third kappa shape index (κ3) is 5.02. The van der Waals surface area contributed by atoms with Crippen LogP contribution in [0.5, 0.6) is 0 Å². The van der Waals surface area contributed by atoms with E-state index >= 15 is 0 Å². The van der Waals surface area contributed by atoms with Crippen LogP contribution in [0.3, 0.4) is 0 Å². The van der Waals surface area contributed by atoms with Gasteiger partial charge in [-0.25, -0.2) is 9.78 Å². The molecule has 0 bridgehead atoms. The SMILES string of the molecule is Cc1ccc(CC(=O)Nc2ccc3nc(N4CCCCCC4)cc(C(=O)O)c3c2)cc1. The number of carboxylic acids is 1. The molecule has 1 aliphatic rings. The second-order valence-electron chi connectivity index (χ2n) is 8.18. The van der Waals surface area contributed by atoms with Gasteiger partial charge in [-0.15, -0.1) is 0 Å². The highest BCUT2D eigenvalue weighted by atomic mass is 16.4. The first-order valence-electron chi connectivity index (χ1n) is 10.8. The number of benzene rings is 2.